The summed E-state index contributed by atoms with van der Waals surface area (Å²) in [6, 6.07) is 6.52. The van der Waals surface area contributed by atoms with Crippen molar-refractivity contribution < 1.29 is 0 Å². The summed E-state index contributed by atoms with van der Waals surface area (Å²) >= 11 is 0. The SMILES string of the molecule is CC1=CC=CC(=C2N=C(C)C(C)=N2)C12c1c(C)cccc1-c1nc(C)c(C)n12. The van der Waals surface area contributed by atoms with Crippen LogP contribution in [0.1, 0.15) is 43.3 Å². The maximum absolute atomic E-state index is 4.97. The molecule has 0 amide bonds. The Bertz CT molecular complexity index is 1190. The van der Waals surface area contributed by atoms with Crippen LogP contribution in [-0.4, -0.2) is 21.0 Å². The van der Waals surface area contributed by atoms with Crippen LogP contribution in [0.4, 0.5) is 0 Å². The molecule has 1 spiro atoms. The van der Waals surface area contributed by atoms with E-state index in [0.717, 1.165) is 34.3 Å². The predicted octanol–water partition coefficient (Wildman–Crippen LogP) is 5.20. The highest BCUT2D eigenvalue weighted by Crippen LogP contribution is 2.56. The van der Waals surface area contributed by atoms with Crippen LogP contribution in [0, 0.1) is 20.8 Å². The second-order valence-electron chi connectivity index (χ2n) is 7.99. The number of imidazole rings is 1. The third-order valence-electron chi connectivity index (χ3n) is 6.44. The van der Waals surface area contributed by atoms with Gasteiger partial charge in [0.25, 0.3) is 0 Å². The van der Waals surface area contributed by atoms with Crippen LogP contribution in [0.3, 0.4) is 0 Å². The smallest absolute Gasteiger partial charge is 0.158 e. The number of aromatic nitrogens is 2. The molecular weight excluding hydrogens is 344 g/mol. The average molecular weight is 368 g/mol. The minimum absolute atomic E-state index is 0.455. The minimum Gasteiger partial charge on any atom is -0.310 e. The normalized spacial score (nSPS) is 22.4. The first kappa shape index (κ1) is 17.1. The van der Waals surface area contributed by atoms with E-state index in [1.807, 2.05) is 13.8 Å². The van der Waals surface area contributed by atoms with Gasteiger partial charge < -0.3 is 4.57 Å². The highest BCUT2D eigenvalue weighted by Gasteiger charge is 2.51. The van der Waals surface area contributed by atoms with Gasteiger partial charge in [-0.3, -0.25) is 0 Å². The van der Waals surface area contributed by atoms with E-state index in [1.165, 1.54) is 28.0 Å². The second kappa shape index (κ2) is 5.51. The number of hydrogen-bond donors (Lipinski definition) is 0. The van der Waals surface area contributed by atoms with E-state index in [4.69, 9.17) is 15.0 Å². The summed E-state index contributed by atoms with van der Waals surface area (Å²) < 4.78 is 2.41. The van der Waals surface area contributed by atoms with Gasteiger partial charge in [-0.05, 0) is 52.7 Å². The van der Waals surface area contributed by atoms with Crippen molar-refractivity contribution in [3.05, 3.63) is 75.9 Å². The number of nitrogens with zero attached hydrogens (tertiary/aromatic N) is 4. The largest absolute Gasteiger partial charge is 0.310 e. The molecule has 3 aliphatic rings. The number of hydrogen-bond acceptors (Lipinski definition) is 3. The molecule has 1 aromatic carbocycles. The third kappa shape index (κ3) is 1.88. The van der Waals surface area contributed by atoms with E-state index in [1.54, 1.807) is 0 Å². The molecule has 1 aliphatic carbocycles. The van der Waals surface area contributed by atoms with Crippen molar-refractivity contribution >= 4 is 11.4 Å². The molecule has 0 saturated heterocycles. The monoisotopic (exact) mass is 368 g/mol. The molecule has 4 nitrogen and oxygen atoms in total. The van der Waals surface area contributed by atoms with Gasteiger partial charge in [0, 0.05) is 22.4 Å². The van der Waals surface area contributed by atoms with E-state index in [-0.39, 0.29) is 0 Å². The topological polar surface area (TPSA) is 42.5 Å². The van der Waals surface area contributed by atoms with E-state index in [9.17, 15) is 0 Å². The van der Waals surface area contributed by atoms with Crippen molar-refractivity contribution in [2.24, 2.45) is 9.98 Å². The quantitative estimate of drug-likeness (QED) is 0.630. The van der Waals surface area contributed by atoms with E-state index in [2.05, 4.69) is 68.7 Å². The van der Waals surface area contributed by atoms with Gasteiger partial charge >= 0.3 is 0 Å². The minimum atomic E-state index is -0.455. The van der Waals surface area contributed by atoms with Gasteiger partial charge in [0.1, 0.15) is 11.4 Å². The number of benzene rings is 1. The van der Waals surface area contributed by atoms with Crippen molar-refractivity contribution in [2.45, 2.75) is 47.1 Å². The second-order valence-corrected chi connectivity index (χ2v) is 7.99. The van der Waals surface area contributed by atoms with Gasteiger partial charge in [0.05, 0.1) is 17.1 Å². The standard InChI is InChI=1S/C24H24N4/c1-13-9-7-11-19-21(13)24(28-18(6)17(5)27-23(19)28)14(2)10-8-12-20(24)22-25-15(3)16(4)26-22/h7-12H,1-6H3. The lowest BCUT2D eigenvalue weighted by atomic mass is 9.72. The predicted molar refractivity (Wildman–Crippen MR) is 115 cm³/mol. The summed E-state index contributed by atoms with van der Waals surface area (Å²) in [4.78, 5) is 14.6. The average Bonchev–Trinajstić information content (AvgIpc) is 3.24. The molecule has 5 rings (SSSR count). The fraction of sp³-hybridized carbons (Fsp3) is 0.292. The van der Waals surface area contributed by atoms with Gasteiger partial charge in [-0.15, -0.1) is 0 Å². The summed E-state index contributed by atoms with van der Waals surface area (Å²) in [5.41, 5.74) is 9.93. The Hall–Kier alpha value is -3.01. The number of rotatable bonds is 0. The maximum atomic E-state index is 4.97. The van der Waals surface area contributed by atoms with Crippen molar-refractivity contribution in [1.82, 2.24) is 9.55 Å². The highest BCUT2D eigenvalue weighted by molar-refractivity contribution is 6.42. The lowest BCUT2D eigenvalue weighted by Gasteiger charge is -2.39. The number of fused-ring (bicyclic) bond motifs is 5. The molecule has 3 heterocycles. The van der Waals surface area contributed by atoms with Crippen LogP contribution in [0.2, 0.25) is 0 Å². The zero-order valence-electron chi connectivity index (χ0n) is 17.3. The lowest BCUT2D eigenvalue weighted by molar-refractivity contribution is 0.508. The van der Waals surface area contributed by atoms with Gasteiger partial charge in [0.2, 0.25) is 0 Å². The van der Waals surface area contributed by atoms with Crippen molar-refractivity contribution in [1.29, 1.82) is 0 Å². The van der Waals surface area contributed by atoms with Gasteiger partial charge in [-0.1, -0.05) is 36.4 Å². The molecule has 1 aromatic heterocycles. The van der Waals surface area contributed by atoms with Crippen molar-refractivity contribution in [3.8, 4) is 11.4 Å². The van der Waals surface area contributed by atoms with Crippen LogP contribution < -0.4 is 0 Å². The molecule has 1 unspecified atom stereocenters. The molecule has 2 aromatic rings. The molecule has 4 heteroatoms. The highest BCUT2D eigenvalue weighted by atomic mass is 15.2. The van der Waals surface area contributed by atoms with Gasteiger partial charge in [-0.25, -0.2) is 15.0 Å². The molecule has 0 bridgehead atoms. The first-order valence-electron chi connectivity index (χ1n) is 9.75. The van der Waals surface area contributed by atoms with Crippen molar-refractivity contribution in [3.63, 3.8) is 0 Å². The van der Waals surface area contributed by atoms with E-state index < -0.39 is 5.54 Å². The van der Waals surface area contributed by atoms with Crippen LogP contribution in [0.25, 0.3) is 11.4 Å². The Morgan fingerprint density at radius 2 is 1.64 bits per heavy atom. The Balaban J connectivity index is 2.00. The zero-order chi connectivity index (χ0) is 19.8. The Morgan fingerprint density at radius 3 is 2.36 bits per heavy atom. The molecule has 140 valence electrons. The fourth-order valence-corrected chi connectivity index (χ4v) is 4.88. The fourth-order valence-electron chi connectivity index (χ4n) is 4.88. The molecular formula is C24H24N4. The molecule has 0 N–H and O–H groups in total. The van der Waals surface area contributed by atoms with Gasteiger partial charge in [-0.2, -0.15) is 0 Å². The summed E-state index contributed by atoms with van der Waals surface area (Å²) in [7, 11) is 0. The van der Waals surface area contributed by atoms with Crippen LogP contribution in [0.5, 0.6) is 0 Å². The summed E-state index contributed by atoms with van der Waals surface area (Å²) in [5.74, 6) is 1.85. The van der Waals surface area contributed by atoms with Crippen LogP contribution in [-0.2, 0) is 5.54 Å². The Kier molecular flexibility index (Phi) is 3.36. The van der Waals surface area contributed by atoms with Gasteiger partial charge in [0.15, 0.2) is 5.82 Å². The molecule has 0 radical (unpaired) electrons. The van der Waals surface area contributed by atoms with E-state index in [0.29, 0.717) is 0 Å². The lowest BCUT2D eigenvalue weighted by Crippen LogP contribution is -2.38. The van der Waals surface area contributed by atoms with Crippen molar-refractivity contribution in [2.75, 3.05) is 0 Å². The number of aryl methyl sites for hydroxylation is 2. The zero-order valence-corrected chi connectivity index (χ0v) is 17.3. The summed E-state index contributed by atoms with van der Waals surface area (Å²) in [6.07, 6.45) is 6.51. The Labute approximate surface area is 165 Å². The van der Waals surface area contributed by atoms with E-state index >= 15 is 0 Å². The molecule has 28 heavy (non-hydrogen) atoms. The number of allylic oxidation sites excluding steroid dienone is 5. The van der Waals surface area contributed by atoms with Crippen LogP contribution in [0.15, 0.2) is 63.4 Å². The first-order chi connectivity index (χ1) is 13.4. The molecule has 0 fully saturated rings. The number of aliphatic imine (C=N–C) groups is 2. The maximum Gasteiger partial charge on any atom is 0.158 e. The first-order valence-corrected chi connectivity index (χ1v) is 9.75. The summed E-state index contributed by atoms with van der Waals surface area (Å²) in [5, 5.41) is 0. The third-order valence-corrected chi connectivity index (χ3v) is 6.44. The molecule has 1 atom stereocenters. The Morgan fingerprint density at radius 1 is 0.929 bits per heavy atom. The summed E-state index contributed by atoms with van der Waals surface area (Å²) in [6.45, 7) is 12.7. The molecule has 0 saturated carbocycles. The van der Waals surface area contributed by atoms with Crippen LogP contribution >= 0.6 is 0 Å². The molecule has 2 aliphatic heterocycles.